The van der Waals surface area contributed by atoms with Gasteiger partial charge in [0.25, 0.3) is 0 Å². The van der Waals surface area contributed by atoms with Gasteiger partial charge in [-0.15, -0.1) is 10.2 Å². The fourth-order valence-electron chi connectivity index (χ4n) is 2.57. The molecule has 3 nitrogen and oxygen atoms in total. The second kappa shape index (κ2) is 5.70. The van der Waals surface area contributed by atoms with E-state index in [0.29, 0.717) is 6.04 Å². The number of anilines is 1. The third-order valence-electron chi connectivity index (χ3n) is 4.11. The van der Waals surface area contributed by atoms with Gasteiger partial charge in [-0.3, -0.25) is 0 Å². The van der Waals surface area contributed by atoms with Gasteiger partial charge < -0.3 is 4.90 Å². The molecule has 106 valence electrons. The Labute approximate surface area is 128 Å². The van der Waals surface area contributed by atoms with Gasteiger partial charge >= 0.3 is 0 Å². The molecule has 0 spiro atoms. The second-order valence-corrected chi connectivity index (χ2v) is 6.96. The predicted molar refractivity (Wildman–Crippen MR) is 84.8 cm³/mol. The molecule has 0 N–H and O–H groups in total. The Bertz CT molecular complexity index is 581. The molecule has 1 fully saturated rings. The van der Waals surface area contributed by atoms with Crippen molar-refractivity contribution >= 4 is 28.1 Å². The topological polar surface area (TPSA) is 29.0 Å². The van der Waals surface area contributed by atoms with Crippen LogP contribution in [0.5, 0.6) is 0 Å². The average Bonchev–Trinajstić information content (AvgIpc) is 3.01. The second-order valence-electron chi connectivity index (χ2n) is 5.48. The normalized spacial score (nSPS) is 22.4. The minimum atomic E-state index is 0.561. The van der Waals surface area contributed by atoms with Crippen molar-refractivity contribution in [2.24, 2.45) is 5.92 Å². The first-order valence-corrected chi connectivity index (χ1v) is 8.16. The summed E-state index contributed by atoms with van der Waals surface area (Å²) in [7, 11) is 0. The van der Waals surface area contributed by atoms with E-state index in [2.05, 4.69) is 28.9 Å². The minimum absolute atomic E-state index is 0.561. The first-order valence-electron chi connectivity index (χ1n) is 6.97. The lowest BCUT2D eigenvalue weighted by Crippen LogP contribution is -2.28. The van der Waals surface area contributed by atoms with Crippen LogP contribution in [-0.4, -0.2) is 22.8 Å². The highest BCUT2D eigenvalue weighted by Gasteiger charge is 2.29. The summed E-state index contributed by atoms with van der Waals surface area (Å²) in [5.74, 6) is 0.735. The van der Waals surface area contributed by atoms with Gasteiger partial charge in [0.2, 0.25) is 5.13 Å². The van der Waals surface area contributed by atoms with Crippen LogP contribution >= 0.6 is 22.9 Å². The molecule has 0 bridgehead atoms. The molecule has 1 aliphatic heterocycles. The summed E-state index contributed by atoms with van der Waals surface area (Å²) in [5.41, 5.74) is 1.22. The Morgan fingerprint density at radius 3 is 2.65 bits per heavy atom. The maximum Gasteiger partial charge on any atom is 0.208 e. The van der Waals surface area contributed by atoms with E-state index in [4.69, 9.17) is 11.6 Å². The van der Waals surface area contributed by atoms with Gasteiger partial charge in [-0.25, -0.2) is 0 Å². The summed E-state index contributed by atoms with van der Waals surface area (Å²) in [6.45, 7) is 5.68. The van der Waals surface area contributed by atoms with Crippen LogP contribution in [0.4, 0.5) is 5.13 Å². The van der Waals surface area contributed by atoms with E-state index in [1.807, 2.05) is 24.3 Å². The van der Waals surface area contributed by atoms with Crippen LogP contribution in [0.25, 0.3) is 0 Å². The SMILES string of the molecule is CC1CCN(c2nnc(Cc3ccc(Cl)cc3)s2)C1C. The van der Waals surface area contributed by atoms with E-state index >= 15 is 0 Å². The van der Waals surface area contributed by atoms with Crippen LogP contribution in [0.3, 0.4) is 0 Å². The monoisotopic (exact) mass is 307 g/mol. The fraction of sp³-hybridized carbons (Fsp3) is 0.467. The molecular formula is C15H18ClN3S. The summed E-state index contributed by atoms with van der Waals surface area (Å²) in [6.07, 6.45) is 2.07. The molecule has 0 aliphatic carbocycles. The molecule has 0 amide bonds. The predicted octanol–water partition coefficient (Wildman–Crippen LogP) is 4.02. The number of aromatic nitrogens is 2. The van der Waals surface area contributed by atoms with E-state index < -0.39 is 0 Å². The fourth-order valence-corrected chi connectivity index (χ4v) is 3.69. The standard InChI is InChI=1S/C15H18ClN3S/c1-10-7-8-19(11(10)2)15-18-17-14(20-15)9-12-3-5-13(16)6-4-12/h3-6,10-11H,7-9H2,1-2H3. The number of halogens is 1. The minimum Gasteiger partial charge on any atom is -0.344 e. The van der Waals surface area contributed by atoms with Crippen molar-refractivity contribution < 1.29 is 0 Å². The van der Waals surface area contributed by atoms with Crippen molar-refractivity contribution in [1.82, 2.24) is 10.2 Å². The van der Waals surface area contributed by atoms with Crippen molar-refractivity contribution in [3.63, 3.8) is 0 Å². The van der Waals surface area contributed by atoms with Crippen LogP contribution in [0.15, 0.2) is 24.3 Å². The Morgan fingerprint density at radius 2 is 2.00 bits per heavy atom. The highest BCUT2D eigenvalue weighted by molar-refractivity contribution is 7.15. The van der Waals surface area contributed by atoms with Crippen LogP contribution in [0.1, 0.15) is 30.8 Å². The summed E-state index contributed by atoms with van der Waals surface area (Å²) in [5, 5.41) is 11.6. The molecular weight excluding hydrogens is 290 g/mol. The van der Waals surface area contributed by atoms with Crippen LogP contribution in [0, 0.1) is 5.92 Å². The first-order chi connectivity index (χ1) is 9.63. The van der Waals surface area contributed by atoms with Crippen LogP contribution < -0.4 is 4.90 Å². The quantitative estimate of drug-likeness (QED) is 0.857. The summed E-state index contributed by atoms with van der Waals surface area (Å²) in [6, 6.07) is 8.49. The van der Waals surface area contributed by atoms with E-state index in [1.54, 1.807) is 11.3 Å². The molecule has 1 aromatic heterocycles. The maximum atomic E-state index is 5.90. The van der Waals surface area contributed by atoms with Gasteiger partial charge in [0.1, 0.15) is 5.01 Å². The van der Waals surface area contributed by atoms with Gasteiger partial charge in [-0.1, -0.05) is 42.0 Å². The van der Waals surface area contributed by atoms with Gasteiger partial charge in [0, 0.05) is 24.0 Å². The van der Waals surface area contributed by atoms with E-state index in [0.717, 1.165) is 34.0 Å². The molecule has 1 aromatic carbocycles. The molecule has 2 unspecified atom stereocenters. The third kappa shape index (κ3) is 2.81. The van der Waals surface area contributed by atoms with Crippen LogP contribution in [-0.2, 0) is 6.42 Å². The number of nitrogens with zero attached hydrogens (tertiary/aromatic N) is 3. The molecule has 2 heterocycles. The lowest BCUT2D eigenvalue weighted by Gasteiger charge is -2.21. The smallest absolute Gasteiger partial charge is 0.208 e. The zero-order valence-corrected chi connectivity index (χ0v) is 13.3. The van der Waals surface area contributed by atoms with E-state index in [1.165, 1.54) is 12.0 Å². The lowest BCUT2D eigenvalue weighted by atomic mass is 10.1. The summed E-state index contributed by atoms with van der Waals surface area (Å²) >= 11 is 7.61. The zero-order valence-electron chi connectivity index (χ0n) is 11.7. The van der Waals surface area contributed by atoms with Crippen molar-refractivity contribution in [3.05, 3.63) is 39.9 Å². The van der Waals surface area contributed by atoms with Crippen molar-refractivity contribution in [3.8, 4) is 0 Å². The van der Waals surface area contributed by atoms with Gasteiger partial charge in [-0.2, -0.15) is 0 Å². The van der Waals surface area contributed by atoms with E-state index in [-0.39, 0.29) is 0 Å². The van der Waals surface area contributed by atoms with E-state index in [9.17, 15) is 0 Å². The largest absolute Gasteiger partial charge is 0.344 e. The maximum absolute atomic E-state index is 5.90. The summed E-state index contributed by atoms with van der Waals surface area (Å²) in [4.78, 5) is 2.38. The molecule has 3 rings (SSSR count). The Kier molecular flexibility index (Phi) is 3.94. The highest BCUT2D eigenvalue weighted by Crippen LogP contribution is 2.31. The van der Waals surface area contributed by atoms with Gasteiger partial charge in [0.15, 0.2) is 0 Å². The molecule has 0 saturated carbocycles. The molecule has 2 aromatic rings. The van der Waals surface area contributed by atoms with Crippen LogP contribution in [0.2, 0.25) is 5.02 Å². The van der Waals surface area contributed by atoms with Gasteiger partial charge in [0.05, 0.1) is 0 Å². The third-order valence-corrected chi connectivity index (χ3v) is 5.32. The lowest BCUT2D eigenvalue weighted by molar-refractivity contribution is 0.545. The van der Waals surface area contributed by atoms with Crippen molar-refractivity contribution in [1.29, 1.82) is 0 Å². The molecule has 1 aliphatic rings. The Balaban J connectivity index is 1.72. The van der Waals surface area contributed by atoms with Gasteiger partial charge in [-0.05, 0) is 37.0 Å². The molecule has 0 radical (unpaired) electrons. The Morgan fingerprint density at radius 1 is 1.25 bits per heavy atom. The van der Waals surface area contributed by atoms with Crippen molar-refractivity contribution in [2.45, 2.75) is 32.7 Å². The van der Waals surface area contributed by atoms with Crippen molar-refractivity contribution in [2.75, 3.05) is 11.4 Å². The number of hydrogen-bond donors (Lipinski definition) is 0. The zero-order chi connectivity index (χ0) is 14.1. The number of hydrogen-bond acceptors (Lipinski definition) is 4. The average molecular weight is 308 g/mol. The molecule has 1 saturated heterocycles. The Hall–Kier alpha value is -1.13. The number of benzene rings is 1. The highest BCUT2D eigenvalue weighted by atomic mass is 35.5. The first kappa shape index (κ1) is 13.8. The summed E-state index contributed by atoms with van der Waals surface area (Å²) < 4.78 is 0. The number of rotatable bonds is 3. The molecule has 5 heteroatoms. The molecule has 2 atom stereocenters. The molecule has 20 heavy (non-hydrogen) atoms.